The van der Waals surface area contributed by atoms with Crippen LogP contribution in [0.25, 0.3) is 0 Å². The Labute approximate surface area is 121 Å². The van der Waals surface area contributed by atoms with Crippen LogP contribution in [-0.4, -0.2) is 36.3 Å². The molecular weight excluding hydrogens is 252 g/mol. The van der Waals surface area contributed by atoms with E-state index in [9.17, 15) is 0 Å². The van der Waals surface area contributed by atoms with Crippen LogP contribution in [-0.2, 0) is 11.2 Å². The smallest absolute Gasteiger partial charge is 0.137 e. The Bertz CT molecular complexity index is 459. The first kappa shape index (κ1) is 15.0. The molecule has 1 aromatic heterocycles. The molecule has 2 rings (SSSR count). The van der Waals surface area contributed by atoms with Crippen molar-refractivity contribution in [3.05, 3.63) is 11.4 Å². The molecule has 1 fully saturated rings. The maximum atomic E-state index is 6.05. The second-order valence-electron chi connectivity index (χ2n) is 5.59. The predicted octanol–water partition coefficient (Wildman–Crippen LogP) is 2.18. The zero-order valence-corrected chi connectivity index (χ0v) is 13.0. The number of nitrogens with two attached hydrogens (primary N) is 1. The number of methoxy groups -OCH3 is 1. The van der Waals surface area contributed by atoms with E-state index in [4.69, 9.17) is 15.5 Å². The van der Waals surface area contributed by atoms with E-state index in [0.29, 0.717) is 18.5 Å². The first-order chi connectivity index (χ1) is 9.58. The lowest BCUT2D eigenvalue weighted by Gasteiger charge is -2.32. The minimum Gasteiger partial charge on any atom is -0.383 e. The molecule has 20 heavy (non-hydrogen) atoms. The average molecular weight is 278 g/mol. The molecule has 1 aromatic rings. The summed E-state index contributed by atoms with van der Waals surface area (Å²) in [6.45, 7) is 7.87. The van der Waals surface area contributed by atoms with Crippen LogP contribution < -0.4 is 10.6 Å². The van der Waals surface area contributed by atoms with Gasteiger partial charge in [0.15, 0.2) is 0 Å². The van der Waals surface area contributed by atoms with Crippen molar-refractivity contribution in [2.45, 2.75) is 46.1 Å². The van der Waals surface area contributed by atoms with Crippen molar-refractivity contribution in [3.63, 3.8) is 0 Å². The van der Waals surface area contributed by atoms with Gasteiger partial charge in [-0.3, -0.25) is 0 Å². The molecule has 1 saturated carbocycles. The zero-order valence-electron chi connectivity index (χ0n) is 13.0. The second-order valence-corrected chi connectivity index (χ2v) is 5.59. The quantitative estimate of drug-likeness (QED) is 0.828. The van der Waals surface area contributed by atoms with Crippen molar-refractivity contribution in [2.75, 3.05) is 30.9 Å². The van der Waals surface area contributed by atoms with Crippen LogP contribution in [0, 0.1) is 12.8 Å². The lowest BCUT2D eigenvalue weighted by Crippen LogP contribution is -2.38. The predicted molar refractivity (Wildman–Crippen MR) is 82.0 cm³/mol. The normalized spacial score (nSPS) is 16.2. The van der Waals surface area contributed by atoms with Gasteiger partial charge in [0, 0.05) is 31.7 Å². The van der Waals surface area contributed by atoms with E-state index in [1.807, 2.05) is 6.92 Å². The monoisotopic (exact) mass is 278 g/mol. The largest absolute Gasteiger partial charge is 0.383 e. The van der Waals surface area contributed by atoms with E-state index in [2.05, 4.69) is 23.7 Å². The summed E-state index contributed by atoms with van der Waals surface area (Å²) in [5.41, 5.74) is 7.02. The summed E-state index contributed by atoms with van der Waals surface area (Å²) in [5, 5.41) is 0. The fraction of sp³-hybridized carbons (Fsp3) is 0.733. The van der Waals surface area contributed by atoms with E-state index in [-0.39, 0.29) is 0 Å². The number of nitrogen functional groups attached to an aromatic ring is 1. The Balaban J connectivity index is 2.33. The number of aryl methyl sites for hydroxylation is 1. The third-order valence-corrected chi connectivity index (χ3v) is 4.12. The molecule has 0 saturated heterocycles. The number of aromatic nitrogens is 2. The Morgan fingerprint density at radius 1 is 1.40 bits per heavy atom. The molecule has 0 bridgehead atoms. The van der Waals surface area contributed by atoms with Gasteiger partial charge in [-0.15, -0.1) is 0 Å². The van der Waals surface area contributed by atoms with Crippen LogP contribution >= 0.6 is 0 Å². The highest BCUT2D eigenvalue weighted by molar-refractivity contribution is 5.57. The number of anilines is 2. The van der Waals surface area contributed by atoms with Crippen LogP contribution in [0.1, 0.15) is 38.1 Å². The van der Waals surface area contributed by atoms with Crippen molar-refractivity contribution in [1.82, 2.24) is 9.97 Å². The maximum Gasteiger partial charge on any atom is 0.137 e. The summed E-state index contributed by atoms with van der Waals surface area (Å²) in [7, 11) is 1.73. The first-order valence-electron chi connectivity index (χ1n) is 7.47. The molecule has 1 aliphatic rings. The van der Waals surface area contributed by atoms with Crippen LogP contribution in [0.5, 0.6) is 0 Å². The van der Waals surface area contributed by atoms with Gasteiger partial charge < -0.3 is 15.4 Å². The topological polar surface area (TPSA) is 64.3 Å². The molecule has 5 heteroatoms. The van der Waals surface area contributed by atoms with Crippen molar-refractivity contribution in [2.24, 2.45) is 5.92 Å². The van der Waals surface area contributed by atoms with Gasteiger partial charge in [-0.05, 0) is 32.6 Å². The number of hydrogen-bond donors (Lipinski definition) is 1. The minimum absolute atomic E-state index is 0.475. The van der Waals surface area contributed by atoms with Gasteiger partial charge >= 0.3 is 0 Å². The Morgan fingerprint density at radius 2 is 2.10 bits per heavy atom. The van der Waals surface area contributed by atoms with Crippen LogP contribution in [0.3, 0.4) is 0 Å². The Kier molecular flexibility index (Phi) is 4.81. The third-order valence-electron chi connectivity index (χ3n) is 4.12. The standard InChI is InChI=1S/C15H26N4O/c1-5-13-17-14(16)10(2)15(18-13)19(8-9-20-4)11(3)12-6-7-12/h11-12H,5-9H2,1-4H3,(H2,16,17,18). The molecule has 112 valence electrons. The number of nitrogens with zero attached hydrogens (tertiary/aromatic N) is 3. The molecule has 0 spiro atoms. The molecule has 1 heterocycles. The van der Waals surface area contributed by atoms with Gasteiger partial charge in [-0.25, -0.2) is 9.97 Å². The van der Waals surface area contributed by atoms with Gasteiger partial charge in [0.1, 0.15) is 17.5 Å². The van der Waals surface area contributed by atoms with E-state index < -0.39 is 0 Å². The van der Waals surface area contributed by atoms with Crippen molar-refractivity contribution in [1.29, 1.82) is 0 Å². The molecule has 0 radical (unpaired) electrons. The maximum absolute atomic E-state index is 6.05. The van der Waals surface area contributed by atoms with E-state index in [1.54, 1.807) is 7.11 Å². The van der Waals surface area contributed by atoms with Crippen molar-refractivity contribution in [3.8, 4) is 0 Å². The van der Waals surface area contributed by atoms with Gasteiger partial charge in [0.2, 0.25) is 0 Å². The van der Waals surface area contributed by atoms with Gasteiger partial charge in [-0.2, -0.15) is 0 Å². The molecule has 0 amide bonds. The highest BCUT2D eigenvalue weighted by Gasteiger charge is 2.33. The molecule has 0 aromatic carbocycles. The SMILES string of the molecule is CCc1nc(N)c(C)c(N(CCOC)C(C)C2CC2)n1. The molecule has 1 unspecified atom stereocenters. The summed E-state index contributed by atoms with van der Waals surface area (Å²) < 4.78 is 5.25. The Morgan fingerprint density at radius 3 is 2.65 bits per heavy atom. The third kappa shape index (κ3) is 3.20. The van der Waals surface area contributed by atoms with Crippen LogP contribution in [0.15, 0.2) is 0 Å². The van der Waals surface area contributed by atoms with E-state index in [0.717, 1.165) is 36.1 Å². The van der Waals surface area contributed by atoms with Gasteiger partial charge in [-0.1, -0.05) is 6.92 Å². The second kappa shape index (κ2) is 6.39. The fourth-order valence-electron chi connectivity index (χ4n) is 2.53. The summed E-state index contributed by atoms with van der Waals surface area (Å²) in [6.07, 6.45) is 3.42. The number of ether oxygens (including phenoxy) is 1. The van der Waals surface area contributed by atoms with E-state index >= 15 is 0 Å². The summed E-state index contributed by atoms with van der Waals surface area (Å²) in [5.74, 6) is 3.16. The molecule has 1 atom stereocenters. The van der Waals surface area contributed by atoms with Gasteiger partial charge in [0.25, 0.3) is 0 Å². The van der Waals surface area contributed by atoms with Crippen molar-refractivity contribution >= 4 is 11.6 Å². The lowest BCUT2D eigenvalue weighted by molar-refractivity contribution is 0.202. The molecule has 1 aliphatic carbocycles. The molecule has 2 N–H and O–H groups in total. The lowest BCUT2D eigenvalue weighted by atomic mass is 10.1. The average Bonchev–Trinajstić information content (AvgIpc) is 3.27. The molecule has 5 nitrogen and oxygen atoms in total. The number of hydrogen-bond acceptors (Lipinski definition) is 5. The molecular formula is C15H26N4O. The highest BCUT2D eigenvalue weighted by atomic mass is 16.5. The fourth-order valence-corrected chi connectivity index (χ4v) is 2.53. The van der Waals surface area contributed by atoms with Crippen LogP contribution in [0.2, 0.25) is 0 Å². The zero-order chi connectivity index (χ0) is 14.7. The van der Waals surface area contributed by atoms with E-state index in [1.165, 1.54) is 12.8 Å². The summed E-state index contributed by atoms with van der Waals surface area (Å²) in [6, 6.07) is 0.475. The first-order valence-corrected chi connectivity index (χ1v) is 7.47. The minimum atomic E-state index is 0.475. The Hall–Kier alpha value is -1.36. The summed E-state index contributed by atoms with van der Waals surface area (Å²) in [4.78, 5) is 11.4. The number of rotatable bonds is 7. The van der Waals surface area contributed by atoms with Crippen LogP contribution in [0.4, 0.5) is 11.6 Å². The summed E-state index contributed by atoms with van der Waals surface area (Å²) >= 11 is 0. The van der Waals surface area contributed by atoms with Gasteiger partial charge in [0.05, 0.1) is 6.61 Å². The molecule has 0 aliphatic heterocycles. The highest BCUT2D eigenvalue weighted by Crippen LogP contribution is 2.37. The van der Waals surface area contributed by atoms with Crippen molar-refractivity contribution < 1.29 is 4.74 Å².